The summed E-state index contributed by atoms with van der Waals surface area (Å²) in [6.07, 6.45) is 7.29. The number of allylic oxidation sites excluding steroid dienone is 5. The highest BCUT2D eigenvalue weighted by Crippen LogP contribution is 2.21. The average molecular weight is 287 g/mol. The fraction of sp³-hybridized carbons (Fsp3) is 0.111. The van der Waals surface area contributed by atoms with Crippen LogP contribution in [0.4, 0.5) is 0 Å². The molecule has 1 aliphatic heterocycles. The van der Waals surface area contributed by atoms with Crippen molar-refractivity contribution in [2.24, 2.45) is 0 Å². The lowest BCUT2D eigenvalue weighted by Crippen LogP contribution is -2.18. The fourth-order valence-corrected chi connectivity index (χ4v) is 1.86. The van der Waals surface area contributed by atoms with Crippen molar-refractivity contribution in [3.8, 4) is 0 Å². The van der Waals surface area contributed by atoms with Gasteiger partial charge in [-0.3, -0.25) is 9.59 Å². The summed E-state index contributed by atoms with van der Waals surface area (Å²) in [5.74, 6) is -0.974. The van der Waals surface area contributed by atoms with E-state index >= 15 is 0 Å². The maximum Gasteiger partial charge on any atom is 0.296 e. The fourth-order valence-electron chi connectivity index (χ4n) is 1.26. The number of hydrogen-bond donors (Lipinski definition) is 1. The summed E-state index contributed by atoms with van der Waals surface area (Å²) in [7, 11) is 0. The van der Waals surface area contributed by atoms with Gasteiger partial charge >= 0.3 is 0 Å². The quantitative estimate of drug-likeness (QED) is 0.408. The predicted molar refractivity (Wildman–Crippen MR) is 56.3 cm³/mol. The van der Waals surface area contributed by atoms with E-state index in [9.17, 15) is 9.59 Å². The topological polar surface area (TPSA) is 46.2 Å². The number of fused-ring (bicyclic) bond motifs is 1. The van der Waals surface area contributed by atoms with E-state index in [-0.39, 0.29) is 3.92 Å². The van der Waals surface area contributed by atoms with Crippen LogP contribution in [0.2, 0.25) is 0 Å². The number of hydrogen-bond acceptors (Lipinski definition) is 2. The van der Waals surface area contributed by atoms with Gasteiger partial charge in [0.15, 0.2) is 0 Å². The molecule has 1 N–H and O–H groups in total. The SMILES string of the molecule is O=C1NC2=CC(I)C=CC=C2C1=O. The first-order valence-electron chi connectivity index (χ1n) is 3.79. The molecule has 4 heteroatoms. The van der Waals surface area contributed by atoms with Crippen molar-refractivity contribution in [2.45, 2.75) is 3.92 Å². The Morgan fingerprint density at radius 1 is 1.38 bits per heavy atom. The number of Topliss-reactive ketones (excluding diaryl/α,β-unsaturated/α-hetero) is 1. The first-order valence-corrected chi connectivity index (χ1v) is 5.03. The summed E-state index contributed by atoms with van der Waals surface area (Å²) in [4.78, 5) is 22.2. The third-order valence-electron chi connectivity index (χ3n) is 1.87. The summed E-state index contributed by atoms with van der Waals surface area (Å²) in [5, 5.41) is 2.54. The first-order chi connectivity index (χ1) is 6.18. The van der Waals surface area contributed by atoms with Crippen LogP contribution in [-0.2, 0) is 9.59 Å². The van der Waals surface area contributed by atoms with Gasteiger partial charge in [-0.25, -0.2) is 0 Å². The molecule has 0 aromatic heterocycles. The number of carbonyl (C=O) groups is 2. The Labute approximate surface area is 88.7 Å². The Kier molecular flexibility index (Phi) is 2.07. The van der Waals surface area contributed by atoms with Crippen molar-refractivity contribution in [3.05, 3.63) is 35.6 Å². The lowest BCUT2D eigenvalue weighted by atomic mass is 10.1. The van der Waals surface area contributed by atoms with Crippen molar-refractivity contribution in [3.63, 3.8) is 0 Å². The van der Waals surface area contributed by atoms with Crippen LogP contribution in [0.5, 0.6) is 0 Å². The van der Waals surface area contributed by atoms with Gasteiger partial charge in [-0.2, -0.15) is 0 Å². The van der Waals surface area contributed by atoms with Gasteiger partial charge in [0.25, 0.3) is 11.7 Å². The molecular formula is C9H6INO2. The molecule has 0 aromatic carbocycles. The Morgan fingerprint density at radius 3 is 2.92 bits per heavy atom. The van der Waals surface area contributed by atoms with Crippen LogP contribution in [0.25, 0.3) is 0 Å². The largest absolute Gasteiger partial charge is 0.319 e. The summed E-state index contributed by atoms with van der Waals surface area (Å²) in [6, 6.07) is 0. The Hall–Kier alpha value is -0.910. The van der Waals surface area contributed by atoms with Crippen LogP contribution in [0.3, 0.4) is 0 Å². The van der Waals surface area contributed by atoms with E-state index in [0.29, 0.717) is 11.3 Å². The van der Waals surface area contributed by atoms with Gasteiger partial charge in [0.1, 0.15) is 0 Å². The summed E-state index contributed by atoms with van der Waals surface area (Å²) in [6.45, 7) is 0. The van der Waals surface area contributed by atoms with Gasteiger partial charge in [0.2, 0.25) is 0 Å². The van der Waals surface area contributed by atoms with E-state index in [4.69, 9.17) is 0 Å². The highest BCUT2D eigenvalue weighted by molar-refractivity contribution is 14.1. The van der Waals surface area contributed by atoms with Crippen LogP contribution in [0, 0.1) is 0 Å². The van der Waals surface area contributed by atoms with Crippen LogP contribution >= 0.6 is 22.6 Å². The van der Waals surface area contributed by atoms with E-state index in [1.807, 2.05) is 12.2 Å². The number of amides is 1. The molecule has 1 fully saturated rings. The second-order valence-electron chi connectivity index (χ2n) is 2.77. The highest BCUT2D eigenvalue weighted by atomic mass is 127. The normalized spacial score (nSPS) is 26.1. The summed E-state index contributed by atoms with van der Waals surface area (Å²) >= 11 is 2.21. The Bertz CT molecular complexity index is 379. The molecule has 1 aliphatic carbocycles. The molecule has 1 saturated heterocycles. The zero-order chi connectivity index (χ0) is 9.42. The zero-order valence-corrected chi connectivity index (χ0v) is 8.74. The number of halogens is 1. The average Bonchev–Trinajstić information content (AvgIpc) is 2.28. The van der Waals surface area contributed by atoms with E-state index in [1.54, 1.807) is 12.2 Å². The van der Waals surface area contributed by atoms with E-state index in [1.165, 1.54) is 0 Å². The Balaban J connectivity index is 2.49. The number of alkyl halides is 1. The molecule has 13 heavy (non-hydrogen) atoms. The van der Waals surface area contributed by atoms with Gasteiger partial charge in [-0.15, -0.1) is 0 Å². The lowest BCUT2D eigenvalue weighted by molar-refractivity contribution is -0.133. The van der Waals surface area contributed by atoms with Crippen LogP contribution < -0.4 is 5.32 Å². The molecule has 1 amide bonds. The van der Waals surface area contributed by atoms with Crippen LogP contribution in [0.15, 0.2) is 35.6 Å². The maximum absolute atomic E-state index is 11.2. The molecule has 1 unspecified atom stereocenters. The maximum atomic E-state index is 11.2. The van der Waals surface area contributed by atoms with Crippen molar-refractivity contribution in [1.82, 2.24) is 5.32 Å². The predicted octanol–water partition coefficient (Wildman–Crippen LogP) is 0.869. The monoisotopic (exact) mass is 287 g/mol. The summed E-state index contributed by atoms with van der Waals surface area (Å²) < 4.78 is 0.215. The second-order valence-corrected chi connectivity index (χ2v) is 4.21. The number of nitrogens with one attached hydrogen (secondary N) is 1. The number of rotatable bonds is 0. The minimum absolute atomic E-state index is 0.215. The Morgan fingerprint density at radius 2 is 2.15 bits per heavy atom. The van der Waals surface area contributed by atoms with Gasteiger partial charge < -0.3 is 5.32 Å². The molecule has 0 aromatic rings. The molecule has 66 valence electrons. The number of ketones is 1. The molecule has 0 spiro atoms. The molecule has 0 radical (unpaired) electrons. The minimum Gasteiger partial charge on any atom is -0.319 e. The third kappa shape index (κ3) is 1.46. The van der Waals surface area contributed by atoms with E-state index in [0.717, 1.165) is 0 Å². The molecule has 3 nitrogen and oxygen atoms in total. The van der Waals surface area contributed by atoms with Gasteiger partial charge in [-0.1, -0.05) is 34.7 Å². The first kappa shape index (κ1) is 8.68. The van der Waals surface area contributed by atoms with Gasteiger partial charge in [-0.05, 0) is 12.2 Å². The molecular weight excluding hydrogens is 281 g/mol. The van der Waals surface area contributed by atoms with Gasteiger partial charge in [0, 0.05) is 9.62 Å². The molecule has 0 bridgehead atoms. The van der Waals surface area contributed by atoms with E-state index in [2.05, 4.69) is 27.9 Å². The summed E-state index contributed by atoms with van der Waals surface area (Å²) in [5.41, 5.74) is 1.11. The second kappa shape index (κ2) is 3.10. The number of carbonyl (C=O) groups excluding carboxylic acids is 2. The van der Waals surface area contributed by atoms with Crippen molar-refractivity contribution < 1.29 is 9.59 Å². The molecule has 1 atom stereocenters. The van der Waals surface area contributed by atoms with E-state index < -0.39 is 11.7 Å². The van der Waals surface area contributed by atoms with Crippen molar-refractivity contribution in [2.75, 3.05) is 0 Å². The molecule has 2 aliphatic rings. The minimum atomic E-state index is -0.531. The van der Waals surface area contributed by atoms with Crippen LogP contribution in [0.1, 0.15) is 0 Å². The molecule has 2 rings (SSSR count). The highest BCUT2D eigenvalue weighted by Gasteiger charge is 2.31. The van der Waals surface area contributed by atoms with Crippen molar-refractivity contribution >= 4 is 34.3 Å². The zero-order valence-electron chi connectivity index (χ0n) is 6.58. The third-order valence-corrected chi connectivity index (χ3v) is 2.65. The van der Waals surface area contributed by atoms with Gasteiger partial charge in [0.05, 0.1) is 5.57 Å². The smallest absolute Gasteiger partial charge is 0.296 e. The lowest BCUT2D eigenvalue weighted by Gasteiger charge is -1.97. The van der Waals surface area contributed by atoms with Crippen LogP contribution in [-0.4, -0.2) is 15.6 Å². The molecule has 1 heterocycles. The van der Waals surface area contributed by atoms with Crippen molar-refractivity contribution in [1.29, 1.82) is 0 Å². The standard InChI is InChI=1S/C9H6INO2/c10-5-2-1-3-6-7(4-5)11-9(13)8(6)12/h1-5H,(H,11,13). The molecule has 0 saturated carbocycles.